The second-order valence-electron chi connectivity index (χ2n) is 6.68. The quantitative estimate of drug-likeness (QED) is 0.552. The van der Waals surface area contributed by atoms with Crippen LogP contribution in [0.2, 0.25) is 0 Å². The van der Waals surface area contributed by atoms with Crippen molar-refractivity contribution < 1.29 is 41.7 Å². The van der Waals surface area contributed by atoms with Gasteiger partial charge in [0.1, 0.15) is 17.2 Å². The average molecular weight is 457 g/mol. The zero-order valence-electron chi connectivity index (χ0n) is 18.3. The molecule has 0 saturated heterocycles. The fourth-order valence-electron chi connectivity index (χ4n) is 2.93. The minimum Gasteiger partial charge on any atom is -0.496 e. The molecule has 0 radical (unpaired) electrons. The number of hydrogen-bond donors (Lipinski definition) is 1. The van der Waals surface area contributed by atoms with Gasteiger partial charge in [-0.05, 0) is 24.1 Å². The van der Waals surface area contributed by atoms with Crippen molar-refractivity contribution >= 4 is 5.91 Å². The van der Waals surface area contributed by atoms with Crippen molar-refractivity contribution in [2.45, 2.75) is 25.6 Å². The maximum absolute atomic E-state index is 12.4. The number of carbonyl (C=O) groups is 1. The first kappa shape index (κ1) is 25.0. The molecule has 0 atom stereocenters. The summed E-state index contributed by atoms with van der Waals surface area (Å²) in [5, 5.41) is 2.81. The average Bonchev–Trinajstić information content (AvgIpc) is 2.78. The second-order valence-corrected chi connectivity index (χ2v) is 6.68. The maximum atomic E-state index is 12.4. The number of methoxy groups -OCH3 is 4. The first-order valence-corrected chi connectivity index (χ1v) is 9.62. The monoisotopic (exact) mass is 457 g/mol. The Hall–Kier alpha value is -3.30. The Labute approximate surface area is 184 Å². The van der Waals surface area contributed by atoms with E-state index in [1.165, 1.54) is 34.5 Å². The Morgan fingerprint density at radius 2 is 1.50 bits per heavy atom. The summed E-state index contributed by atoms with van der Waals surface area (Å²) in [7, 11) is 5.88. The predicted molar refractivity (Wildman–Crippen MR) is 111 cm³/mol. The maximum Gasteiger partial charge on any atom is 0.422 e. The van der Waals surface area contributed by atoms with Crippen molar-refractivity contribution in [1.82, 2.24) is 5.32 Å². The lowest BCUT2D eigenvalue weighted by Crippen LogP contribution is -2.23. The van der Waals surface area contributed by atoms with E-state index in [0.29, 0.717) is 29.2 Å². The highest BCUT2D eigenvalue weighted by Crippen LogP contribution is 2.34. The van der Waals surface area contributed by atoms with Crippen LogP contribution in [0.15, 0.2) is 30.3 Å². The molecule has 0 fully saturated rings. The Kier molecular flexibility index (Phi) is 8.86. The van der Waals surface area contributed by atoms with Crippen LogP contribution in [0.3, 0.4) is 0 Å². The van der Waals surface area contributed by atoms with Crippen molar-refractivity contribution in [3.63, 3.8) is 0 Å². The molecule has 0 aromatic heterocycles. The lowest BCUT2D eigenvalue weighted by Gasteiger charge is -2.16. The van der Waals surface area contributed by atoms with E-state index in [4.69, 9.17) is 23.7 Å². The molecular weight excluding hydrogens is 431 g/mol. The number of aryl methyl sites for hydroxylation is 1. The summed E-state index contributed by atoms with van der Waals surface area (Å²) in [5.41, 5.74) is 1.38. The highest BCUT2D eigenvalue weighted by Gasteiger charge is 2.29. The first-order chi connectivity index (χ1) is 15.2. The van der Waals surface area contributed by atoms with Gasteiger partial charge >= 0.3 is 6.18 Å². The fraction of sp³-hybridized carbons (Fsp3) is 0.409. The van der Waals surface area contributed by atoms with Gasteiger partial charge in [0.2, 0.25) is 5.91 Å². The van der Waals surface area contributed by atoms with Crippen molar-refractivity contribution in [3.8, 4) is 28.7 Å². The van der Waals surface area contributed by atoms with Gasteiger partial charge in [-0.2, -0.15) is 13.2 Å². The topological polar surface area (TPSA) is 75.3 Å². The van der Waals surface area contributed by atoms with E-state index in [0.717, 1.165) is 5.56 Å². The number of ether oxygens (including phenoxy) is 5. The molecule has 0 saturated carbocycles. The molecule has 1 amide bonds. The summed E-state index contributed by atoms with van der Waals surface area (Å²) >= 11 is 0. The molecule has 0 aliphatic heterocycles. The number of alkyl halides is 3. The van der Waals surface area contributed by atoms with Crippen molar-refractivity contribution in [2.75, 3.05) is 35.0 Å². The Bertz CT molecular complexity index is 892. The SMILES string of the molecule is COc1cc(OC)c(CNC(=O)CCc2ccc(OCC(F)(F)F)c(OC)c2)c(OC)c1. The van der Waals surface area contributed by atoms with E-state index in [2.05, 4.69) is 5.32 Å². The van der Waals surface area contributed by atoms with Crippen LogP contribution >= 0.6 is 0 Å². The normalized spacial score (nSPS) is 11.0. The summed E-state index contributed by atoms with van der Waals surface area (Å²) in [4.78, 5) is 12.3. The Morgan fingerprint density at radius 3 is 2.03 bits per heavy atom. The molecular formula is C22H26F3NO6. The number of amides is 1. The summed E-state index contributed by atoms with van der Waals surface area (Å²) in [6.07, 6.45) is -3.93. The van der Waals surface area contributed by atoms with Crippen LogP contribution in [0.25, 0.3) is 0 Å². The third-order valence-electron chi connectivity index (χ3n) is 4.54. The van der Waals surface area contributed by atoms with Crippen molar-refractivity contribution in [1.29, 1.82) is 0 Å². The molecule has 2 aromatic rings. The van der Waals surface area contributed by atoms with E-state index in [-0.39, 0.29) is 30.4 Å². The van der Waals surface area contributed by atoms with Crippen LogP contribution in [0.5, 0.6) is 28.7 Å². The van der Waals surface area contributed by atoms with Crippen molar-refractivity contribution in [2.24, 2.45) is 0 Å². The number of carbonyl (C=O) groups excluding carboxylic acids is 1. The molecule has 32 heavy (non-hydrogen) atoms. The van der Waals surface area contributed by atoms with E-state index in [9.17, 15) is 18.0 Å². The van der Waals surface area contributed by atoms with Gasteiger partial charge in [0, 0.05) is 18.6 Å². The number of nitrogens with one attached hydrogen (secondary N) is 1. The van der Waals surface area contributed by atoms with Gasteiger partial charge in [0.25, 0.3) is 0 Å². The molecule has 10 heteroatoms. The minimum absolute atomic E-state index is 0.0169. The molecule has 2 rings (SSSR count). The third kappa shape index (κ3) is 7.14. The molecule has 0 unspecified atom stereocenters. The third-order valence-corrected chi connectivity index (χ3v) is 4.54. The molecule has 2 aromatic carbocycles. The molecule has 1 N–H and O–H groups in total. The molecule has 0 heterocycles. The van der Waals surface area contributed by atoms with Gasteiger partial charge in [-0.15, -0.1) is 0 Å². The largest absolute Gasteiger partial charge is 0.496 e. The zero-order valence-corrected chi connectivity index (χ0v) is 18.3. The molecule has 0 spiro atoms. The van der Waals surface area contributed by atoms with Crippen LogP contribution in [-0.4, -0.2) is 47.1 Å². The predicted octanol–water partition coefficient (Wildman–Crippen LogP) is 3.91. The summed E-state index contributed by atoms with van der Waals surface area (Å²) in [6.45, 7) is -1.23. The van der Waals surface area contributed by atoms with E-state index in [1.54, 1.807) is 24.3 Å². The van der Waals surface area contributed by atoms with E-state index in [1.807, 2.05) is 0 Å². The summed E-state index contributed by atoms with van der Waals surface area (Å²) in [6, 6.07) is 7.92. The lowest BCUT2D eigenvalue weighted by atomic mass is 10.1. The van der Waals surface area contributed by atoms with E-state index < -0.39 is 12.8 Å². The summed E-state index contributed by atoms with van der Waals surface area (Å²) < 4.78 is 62.9. The zero-order chi connectivity index (χ0) is 23.7. The first-order valence-electron chi connectivity index (χ1n) is 9.62. The molecule has 0 aliphatic carbocycles. The van der Waals surface area contributed by atoms with Gasteiger partial charge in [0.05, 0.1) is 40.5 Å². The van der Waals surface area contributed by atoms with Crippen LogP contribution in [-0.2, 0) is 17.8 Å². The number of hydrogen-bond acceptors (Lipinski definition) is 6. The highest BCUT2D eigenvalue weighted by atomic mass is 19.4. The molecule has 176 valence electrons. The van der Waals surface area contributed by atoms with Crippen molar-refractivity contribution in [3.05, 3.63) is 41.5 Å². The molecule has 7 nitrogen and oxygen atoms in total. The van der Waals surface area contributed by atoms with Gasteiger partial charge in [-0.3, -0.25) is 4.79 Å². The fourth-order valence-corrected chi connectivity index (χ4v) is 2.93. The lowest BCUT2D eigenvalue weighted by molar-refractivity contribution is -0.153. The molecule has 0 bridgehead atoms. The number of halogens is 3. The standard InChI is InChI=1S/C22H26F3NO6/c1-28-15-10-18(29-2)16(19(11-15)30-3)12-26-21(27)8-6-14-5-7-17(20(9-14)31-4)32-13-22(23,24)25/h5,7,9-11H,6,8,12-13H2,1-4H3,(H,26,27). The van der Waals surface area contributed by atoms with Gasteiger partial charge < -0.3 is 29.0 Å². The second kappa shape index (κ2) is 11.4. The Balaban J connectivity index is 1.97. The molecule has 0 aliphatic rings. The summed E-state index contributed by atoms with van der Waals surface area (Å²) in [5.74, 6) is 1.52. The number of rotatable bonds is 11. The Morgan fingerprint density at radius 1 is 0.875 bits per heavy atom. The van der Waals surface area contributed by atoms with Crippen LogP contribution < -0.4 is 29.0 Å². The van der Waals surface area contributed by atoms with Crippen LogP contribution in [0.4, 0.5) is 13.2 Å². The van der Waals surface area contributed by atoms with Gasteiger partial charge in [0.15, 0.2) is 18.1 Å². The smallest absolute Gasteiger partial charge is 0.422 e. The number of benzene rings is 2. The van der Waals surface area contributed by atoms with Crippen LogP contribution in [0, 0.1) is 0 Å². The van der Waals surface area contributed by atoms with E-state index >= 15 is 0 Å². The highest BCUT2D eigenvalue weighted by molar-refractivity contribution is 5.76. The van der Waals surface area contributed by atoms with Gasteiger partial charge in [-0.25, -0.2) is 0 Å². The van der Waals surface area contributed by atoms with Gasteiger partial charge in [-0.1, -0.05) is 6.07 Å². The minimum atomic E-state index is -4.45. The van der Waals surface area contributed by atoms with Crippen LogP contribution in [0.1, 0.15) is 17.5 Å².